The van der Waals surface area contributed by atoms with E-state index in [9.17, 15) is 0 Å². The van der Waals surface area contributed by atoms with E-state index >= 15 is 0 Å². The van der Waals surface area contributed by atoms with Gasteiger partial charge in [-0.15, -0.1) is 0 Å². The summed E-state index contributed by atoms with van der Waals surface area (Å²) in [6, 6.07) is 14.7. The molecule has 0 spiro atoms. The molecule has 0 atom stereocenters. The van der Waals surface area contributed by atoms with E-state index in [-0.39, 0.29) is 0 Å². The van der Waals surface area contributed by atoms with Crippen LogP contribution in [0.15, 0.2) is 42.5 Å². The molecule has 0 heterocycles. The third-order valence-electron chi connectivity index (χ3n) is 3.37. The van der Waals surface area contributed by atoms with Crippen molar-refractivity contribution >= 4 is 28.6 Å². The lowest BCUT2D eigenvalue weighted by Gasteiger charge is -2.26. The van der Waals surface area contributed by atoms with Crippen LogP contribution in [0.4, 0.5) is 11.4 Å². The molecule has 3 heteroatoms. The Morgan fingerprint density at radius 1 is 1.05 bits per heavy atom. The number of benzene rings is 2. The van der Waals surface area contributed by atoms with Gasteiger partial charge in [0.05, 0.1) is 5.69 Å². The zero-order valence-electron chi connectivity index (χ0n) is 12.2. The summed E-state index contributed by atoms with van der Waals surface area (Å²) >= 11 is 5.18. The number of aryl methyl sites for hydroxylation is 2. The molecule has 20 heavy (non-hydrogen) atoms. The minimum atomic E-state index is 0.436. The van der Waals surface area contributed by atoms with Gasteiger partial charge >= 0.3 is 0 Å². The Hall–Kier alpha value is -1.87. The van der Waals surface area contributed by atoms with Crippen molar-refractivity contribution in [2.24, 2.45) is 5.73 Å². The maximum atomic E-state index is 5.86. The first kappa shape index (κ1) is 14.5. The molecular weight excluding hydrogens is 264 g/mol. The predicted octanol–water partition coefficient (Wildman–Crippen LogP) is 4.10. The molecule has 0 fully saturated rings. The zero-order valence-corrected chi connectivity index (χ0v) is 13.0. The fraction of sp³-hybridized carbons (Fsp3) is 0.235. The minimum absolute atomic E-state index is 0.436. The molecule has 0 aliphatic carbocycles. The molecule has 0 bridgehead atoms. The van der Waals surface area contributed by atoms with Crippen molar-refractivity contribution in [2.75, 3.05) is 11.4 Å². The standard InChI is InChI=1S/C17H20N2S/c1-4-19(14-8-5-12(2)6-9-14)16-11-13(3)7-10-15(16)17(18)20/h5-11H,4H2,1-3H3,(H2,18,20). The lowest BCUT2D eigenvalue weighted by atomic mass is 10.1. The Bertz CT molecular complexity index is 617. The van der Waals surface area contributed by atoms with Crippen LogP contribution < -0.4 is 10.6 Å². The van der Waals surface area contributed by atoms with Crippen molar-refractivity contribution in [3.05, 3.63) is 59.2 Å². The van der Waals surface area contributed by atoms with Gasteiger partial charge in [-0.2, -0.15) is 0 Å². The van der Waals surface area contributed by atoms with Crippen LogP contribution >= 0.6 is 12.2 Å². The van der Waals surface area contributed by atoms with Gasteiger partial charge in [0.25, 0.3) is 0 Å². The molecule has 104 valence electrons. The van der Waals surface area contributed by atoms with E-state index in [0.29, 0.717) is 4.99 Å². The van der Waals surface area contributed by atoms with Crippen LogP contribution in [0.5, 0.6) is 0 Å². The van der Waals surface area contributed by atoms with E-state index < -0.39 is 0 Å². The maximum absolute atomic E-state index is 5.86. The summed E-state index contributed by atoms with van der Waals surface area (Å²) in [7, 11) is 0. The van der Waals surface area contributed by atoms with Crippen molar-refractivity contribution in [1.82, 2.24) is 0 Å². The molecule has 2 rings (SSSR count). The highest BCUT2D eigenvalue weighted by Gasteiger charge is 2.13. The number of hydrogen-bond acceptors (Lipinski definition) is 2. The van der Waals surface area contributed by atoms with E-state index in [1.54, 1.807) is 0 Å². The number of rotatable bonds is 4. The van der Waals surface area contributed by atoms with Crippen LogP contribution in [-0.4, -0.2) is 11.5 Å². The Morgan fingerprint density at radius 3 is 2.20 bits per heavy atom. The van der Waals surface area contributed by atoms with E-state index in [0.717, 1.165) is 23.5 Å². The van der Waals surface area contributed by atoms with Crippen LogP contribution in [0.3, 0.4) is 0 Å². The SMILES string of the molecule is CCN(c1ccc(C)cc1)c1cc(C)ccc1C(N)=S. The average molecular weight is 284 g/mol. The van der Waals surface area contributed by atoms with Gasteiger partial charge < -0.3 is 10.6 Å². The number of hydrogen-bond donors (Lipinski definition) is 1. The minimum Gasteiger partial charge on any atom is -0.389 e. The first-order valence-electron chi connectivity index (χ1n) is 6.77. The fourth-order valence-electron chi connectivity index (χ4n) is 2.29. The fourth-order valence-corrected chi connectivity index (χ4v) is 2.46. The molecule has 2 aromatic carbocycles. The Labute approximate surface area is 126 Å². The lowest BCUT2D eigenvalue weighted by Crippen LogP contribution is -2.21. The lowest BCUT2D eigenvalue weighted by molar-refractivity contribution is 1.02. The van der Waals surface area contributed by atoms with Crippen LogP contribution in [0.25, 0.3) is 0 Å². The highest BCUT2D eigenvalue weighted by atomic mass is 32.1. The summed E-state index contributed by atoms with van der Waals surface area (Å²) < 4.78 is 0. The van der Waals surface area contributed by atoms with E-state index in [2.05, 4.69) is 56.0 Å². The van der Waals surface area contributed by atoms with Gasteiger partial charge in [0.1, 0.15) is 4.99 Å². The van der Waals surface area contributed by atoms with Crippen molar-refractivity contribution in [3.8, 4) is 0 Å². The summed E-state index contributed by atoms with van der Waals surface area (Å²) in [5, 5.41) is 0. The molecule has 2 aromatic rings. The molecule has 0 radical (unpaired) electrons. The van der Waals surface area contributed by atoms with Crippen LogP contribution in [0.1, 0.15) is 23.6 Å². The van der Waals surface area contributed by atoms with Crippen molar-refractivity contribution in [3.63, 3.8) is 0 Å². The number of nitrogens with two attached hydrogens (primary N) is 1. The van der Waals surface area contributed by atoms with E-state index in [4.69, 9.17) is 18.0 Å². The Kier molecular flexibility index (Phi) is 4.40. The molecular formula is C17H20N2S. The molecule has 2 N–H and O–H groups in total. The highest BCUT2D eigenvalue weighted by molar-refractivity contribution is 7.80. The van der Waals surface area contributed by atoms with Gasteiger partial charge in [0.15, 0.2) is 0 Å². The second kappa shape index (κ2) is 6.06. The van der Waals surface area contributed by atoms with E-state index in [1.807, 2.05) is 12.1 Å². The third-order valence-corrected chi connectivity index (χ3v) is 3.59. The Balaban J connectivity index is 2.53. The van der Waals surface area contributed by atoms with Crippen LogP contribution in [-0.2, 0) is 0 Å². The number of nitrogens with zero attached hydrogens (tertiary/aromatic N) is 1. The average Bonchev–Trinajstić information content (AvgIpc) is 2.41. The zero-order chi connectivity index (χ0) is 14.7. The molecule has 0 aliphatic rings. The first-order chi connectivity index (χ1) is 9.52. The molecule has 0 saturated heterocycles. The van der Waals surface area contributed by atoms with Gasteiger partial charge in [0.2, 0.25) is 0 Å². The van der Waals surface area contributed by atoms with Crippen LogP contribution in [0.2, 0.25) is 0 Å². The van der Waals surface area contributed by atoms with Crippen molar-refractivity contribution in [1.29, 1.82) is 0 Å². The highest BCUT2D eigenvalue weighted by Crippen LogP contribution is 2.29. The first-order valence-corrected chi connectivity index (χ1v) is 7.18. The largest absolute Gasteiger partial charge is 0.389 e. The summed E-state index contributed by atoms with van der Waals surface area (Å²) in [6.07, 6.45) is 0. The summed E-state index contributed by atoms with van der Waals surface area (Å²) in [5.74, 6) is 0. The Morgan fingerprint density at radius 2 is 1.65 bits per heavy atom. The predicted molar refractivity (Wildman–Crippen MR) is 90.9 cm³/mol. The smallest absolute Gasteiger partial charge is 0.106 e. The number of anilines is 2. The van der Waals surface area contributed by atoms with Crippen molar-refractivity contribution < 1.29 is 0 Å². The van der Waals surface area contributed by atoms with Gasteiger partial charge in [-0.25, -0.2) is 0 Å². The van der Waals surface area contributed by atoms with Gasteiger partial charge in [-0.1, -0.05) is 36.0 Å². The molecule has 2 nitrogen and oxygen atoms in total. The normalized spacial score (nSPS) is 10.3. The summed E-state index contributed by atoms with van der Waals surface area (Å²) in [4.78, 5) is 2.67. The molecule has 0 aromatic heterocycles. The molecule has 0 unspecified atom stereocenters. The van der Waals surface area contributed by atoms with Gasteiger partial charge in [0, 0.05) is 17.8 Å². The topological polar surface area (TPSA) is 29.3 Å². The maximum Gasteiger partial charge on any atom is 0.106 e. The summed E-state index contributed by atoms with van der Waals surface area (Å²) in [5.41, 5.74) is 11.5. The second-order valence-electron chi connectivity index (χ2n) is 4.96. The molecule has 0 amide bonds. The molecule has 0 aliphatic heterocycles. The number of thiocarbonyl (C=S) groups is 1. The monoisotopic (exact) mass is 284 g/mol. The van der Waals surface area contributed by atoms with Crippen LogP contribution in [0, 0.1) is 13.8 Å². The van der Waals surface area contributed by atoms with Gasteiger partial charge in [-0.3, -0.25) is 0 Å². The quantitative estimate of drug-likeness (QED) is 0.857. The molecule has 0 saturated carbocycles. The van der Waals surface area contributed by atoms with Gasteiger partial charge in [-0.05, 0) is 50.6 Å². The summed E-state index contributed by atoms with van der Waals surface area (Å²) in [6.45, 7) is 7.16. The third kappa shape index (κ3) is 2.99. The van der Waals surface area contributed by atoms with Crippen molar-refractivity contribution in [2.45, 2.75) is 20.8 Å². The van der Waals surface area contributed by atoms with E-state index in [1.165, 1.54) is 11.1 Å². The second-order valence-corrected chi connectivity index (χ2v) is 5.40.